The number of aliphatic hydroxyl groups is 1. The van der Waals surface area contributed by atoms with E-state index in [-0.39, 0.29) is 35.2 Å². The van der Waals surface area contributed by atoms with Gasteiger partial charge in [0.25, 0.3) is 0 Å². The van der Waals surface area contributed by atoms with Gasteiger partial charge in [-0.05, 0) is 71.0 Å². The SMILES string of the molecule is CC(C)(C)c1ccc(S(=O)(=O)N2CCC3=C(C2)[C@@H](CO)C2=CNN(c4ccc(F)cc4)C2=C3)cc1. The van der Waals surface area contributed by atoms with Gasteiger partial charge in [-0.25, -0.2) is 12.8 Å². The number of fused-ring (bicyclic) bond motifs is 1. The molecule has 2 heterocycles. The maximum atomic E-state index is 13.5. The molecule has 2 aliphatic heterocycles. The zero-order chi connectivity index (χ0) is 25.0. The molecule has 2 aromatic carbocycles. The van der Waals surface area contributed by atoms with Crippen LogP contribution in [0.25, 0.3) is 0 Å². The van der Waals surface area contributed by atoms with E-state index in [4.69, 9.17) is 0 Å². The summed E-state index contributed by atoms with van der Waals surface area (Å²) < 4.78 is 41.9. The molecule has 0 aromatic heterocycles. The van der Waals surface area contributed by atoms with Crippen molar-refractivity contribution in [2.45, 2.75) is 37.5 Å². The van der Waals surface area contributed by atoms with E-state index in [1.165, 1.54) is 16.4 Å². The van der Waals surface area contributed by atoms with Gasteiger partial charge in [0.15, 0.2) is 0 Å². The predicted molar refractivity (Wildman–Crippen MR) is 134 cm³/mol. The number of nitrogens with one attached hydrogen (secondary N) is 1. The van der Waals surface area contributed by atoms with Crippen LogP contribution < -0.4 is 10.4 Å². The smallest absolute Gasteiger partial charge is 0.243 e. The van der Waals surface area contributed by atoms with Crippen LogP contribution in [0, 0.1) is 11.7 Å². The molecule has 0 bridgehead atoms. The lowest BCUT2D eigenvalue weighted by Crippen LogP contribution is -2.40. The summed E-state index contributed by atoms with van der Waals surface area (Å²) in [5, 5.41) is 12.2. The molecule has 0 fully saturated rings. The summed E-state index contributed by atoms with van der Waals surface area (Å²) >= 11 is 0. The minimum absolute atomic E-state index is 0.0571. The van der Waals surface area contributed by atoms with Crippen molar-refractivity contribution in [3.8, 4) is 0 Å². The standard InChI is InChI=1S/C27H30FN3O3S/c1-27(2,3)19-4-10-22(11-5-19)35(33,34)30-13-12-18-14-26-23(25(17-32)24(18)16-30)15-29-31(26)21-8-6-20(28)7-9-21/h4-11,14-15,25,29,32H,12-13,16-17H2,1-3H3/t25-/m0/s1. The third-order valence-electron chi connectivity index (χ3n) is 7.01. The van der Waals surface area contributed by atoms with E-state index >= 15 is 0 Å². The van der Waals surface area contributed by atoms with Crippen molar-refractivity contribution in [3.05, 3.63) is 94.6 Å². The monoisotopic (exact) mass is 495 g/mol. The highest BCUT2D eigenvalue weighted by Gasteiger charge is 2.39. The maximum absolute atomic E-state index is 13.5. The molecule has 184 valence electrons. The van der Waals surface area contributed by atoms with Gasteiger partial charge < -0.3 is 10.5 Å². The van der Waals surface area contributed by atoms with Crippen molar-refractivity contribution in [1.29, 1.82) is 0 Å². The van der Waals surface area contributed by atoms with Crippen LogP contribution in [0.5, 0.6) is 0 Å². The van der Waals surface area contributed by atoms with Gasteiger partial charge >= 0.3 is 0 Å². The number of anilines is 1. The molecule has 3 aliphatic rings. The number of allylic oxidation sites excluding steroid dienone is 2. The fourth-order valence-electron chi connectivity index (χ4n) is 4.96. The number of benzene rings is 2. The number of hydrogen-bond acceptors (Lipinski definition) is 5. The molecule has 2 N–H and O–H groups in total. The van der Waals surface area contributed by atoms with E-state index < -0.39 is 10.0 Å². The van der Waals surface area contributed by atoms with Gasteiger partial charge in [0.1, 0.15) is 5.82 Å². The number of aliphatic hydroxyl groups excluding tert-OH is 1. The van der Waals surface area contributed by atoms with Crippen molar-refractivity contribution in [3.63, 3.8) is 0 Å². The second kappa shape index (κ2) is 8.62. The molecule has 8 heteroatoms. The lowest BCUT2D eigenvalue weighted by Gasteiger charge is -2.37. The molecular weight excluding hydrogens is 465 g/mol. The van der Waals surface area contributed by atoms with Gasteiger partial charge in [0, 0.05) is 30.8 Å². The summed E-state index contributed by atoms with van der Waals surface area (Å²) in [4.78, 5) is 0.284. The highest BCUT2D eigenvalue weighted by atomic mass is 32.2. The Hall–Kier alpha value is -2.94. The summed E-state index contributed by atoms with van der Waals surface area (Å²) in [5.74, 6) is -0.622. The Bertz CT molecular complexity index is 1340. The summed E-state index contributed by atoms with van der Waals surface area (Å²) in [7, 11) is -3.67. The van der Waals surface area contributed by atoms with Crippen LogP contribution in [0.4, 0.5) is 10.1 Å². The molecule has 0 amide bonds. The van der Waals surface area contributed by atoms with E-state index in [9.17, 15) is 17.9 Å². The van der Waals surface area contributed by atoms with Crippen LogP contribution in [0.1, 0.15) is 32.8 Å². The van der Waals surface area contributed by atoms with Crippen molar-refractivity contribution in [2.75, 3.05) is 24.7 Å². The number of sulfonamides is 1. The highest BCUT2D eigenvalue weighted by molar-refractivity contribution is 7.89. The number of nitrogens with zero attached hydrogens (tertiary/aromatic N) is 2. The first kappa shape index (κ1) is 23.8. The topological polar surface area (TPSA) is 72.9 Å². The van der Waals surface area contributed by atoms with Gasteiger partial charge in [0.05, 0.1) is 22.9 Å². The van der Waals surface area contributed by atoms with E-state index in [0.29, 0.717) is 13.0 Å². The third-order valence-corrected chi connectivity index (χ3v) is 8.87. The maximum Gasteiger partial charge on any atom is 0.243 e. The summed E-state index contributed by atoms with van der Waals surface area (Å²) in [6, 6.07) is 13.3. The first-order valence-corrected chi connectivity index (χ1v) is 13.2. The molecule has 0 radical (unpaired) electrons. The molecule has 0 saturated heterocycles. The predicted octanol–water partition coefficient (Wildman–Crippen LogP) is 4.23. The van der Waals surface area contributed by atoms with Gasteiger partial charge in [0.2, 0.25) is 10.0 Å². The van der Waals surface area contributed by atoms with Crippen molar-refractivity contribution >= 4 is 15.7 Å². The zero-order valence-corrected chi connectivity index (χ0v) is 20.9. The zero-order valence-electron chi connectivity index (χ0n) is 20.1. The fraction of sp³-hybridized carbons (Fsp3) is 0.333. The second-order valence-corrected chi connectivity index (χ2v) is 12.2. The summed E-state index contributed by atoms with van der Waals surface area (Å²) in [6.45, 7) is 6.76. The van der Waals surface area contributed by atoms with E-state index in [1.807, 2.05) is 23.3 Å². The molecule has 1 atom stereocenters. The van der Waals surface area contributed by atoms with Crippen molar-refractivity contribution < 1.29 is 17.9 Å². The Kier molecular flexibility index (Phi) is 5.86. The molecule has 1 aliphatic carbocycles. The molecule has 35 heavy (non-hydrogen) atoms. The number of halogens is 1. The molecule has 6 nitrogen and oxygen atoms in total. The first-order valence-electron chi connectivity index (χ1n) is 11.8. The minimum atomic E-state index is -3.67. The largest absolute Gasteiger partial charge is 0.395 e. The van der Waals surface area contributed by atoms with E-state index in [2.05, 4.69) is 32.3 Å². The Labute approximate surface area is 206 Å². The lowest BCUT2D eigenvalue weighted by atomic mass is 9.80. The van der Waals surface area contributed by atoms with E-state index in [0.717, 1.165) is 33.7 Å². The Morgan fingerprint density at radius 2 is 1.77 bits per heavy atom. The number of hydrazine groups is 1. The number of hydrogen-bond donors (Lipinski definition) is 2. The molecule has 0 unspecified atom stereocenters. The Morgan fingerprint density at radius 3 is 2.40 bits per heavy atom. The van der Waals surface area contributed by atoms with Crippen LogP contribution in [0.2, 0.25) is 0 Å². The fourth-order valence-corrected chi connectivity index (χ4v) is 6.37. The molecule has 2 aromatic rings. The van der Waals surface area contributed by atoms with Crippen LogP contribution in [-0.2, 0) is 15.4 Å². The average molecular weight is 496 g/mol. The van der Waals surface area contributed by atoms with Crippen LogP contribution in [-0.4, -0.2) is 37.5 Å². The van der Waals surface area contributed by atoms with Gasteiger partial charge in [-0.2, -0.15) is 4.31 Å². The third kappa shape index (κ3) is 4.20. The summed E-state index contributed by atoms with van der Waals surface area (Å²) in [5.41, 5.74) is 8.76. The van der Waals surface area contributed by atoms with Gasteiger partial charge in [-0.15, -0.1) is 0 Å². The normalized spacial score (nSPS) is 20.7. The average Bonchev–Trinajstić information content (AvgIpc) is 3.25. The highest BCUT2D eigenvalue weighted by Crippen LogP contribution is 2.42. The van der Waals surface area contributed by atoms with Crippen molar-refractivity contribution in [2.24, 2.45) is 5.92 Å². The van der Waals surface area contributed by atoms with Crippen LogP contribution in [0.3, 0.4) is 0 Å². The molecule has 5 rings (SSSR count). The molecule has 0 saturated carbocycles. The first-order chi connectivity index (χ1) is 16.6. The number of rotatable bonds is 4. The minimum Gasteiger partial charge on any atom is -0.395 e. The Morgan fingerprint density at radius 1 is 1.09 bits per heavy atom. The van der Waals surface area contributed by atoms with Gasteiger partial charge in [-0.3, -0.25) is 5.01 Å². The van der Waals surface area contributed by atoms with E-state index in [1.54, 1.807) is 24.3 Å². The van der Waals surface area contributed by atoms with Crippen LogP contribution >= 0.6 is 0 Å². The van der Waals surface area contributed by atoms with Crippen molar-refractivity contribution in [1.82, 2.24) is 9.73 Å². The van der Waals surface area contributed by atoms with Crippen LogP contribution in [0.15, 0.2) is 88.1 Å². The lowest BCUT2D eigenvalue weighted by molar-refractivity contribution is 0.255. The molecular formula is C27H30FN3O3S. The van der Waals surface area contributed by atoms with Gasteiger partial charge in [-0.1, -0.05) is 32.9 Å². The second-order valence-electron chi connectivity index (χ2n) is 10.2. The Balaban J connectivity index is 1.44. The summed E-state index contributed by atoms with van der Waals surface area (Å²) in [6.07, 6.45) is 4.44. The molecule has 0 spiro atoms. The quantitative estimate of drug-likeness (QED) is 0.664.